The quantitative estimate of drug-likeness (QED) is 0.213. The van der Waals surface area contributed by atoms with Crippen LogP contribution >= 0.6 is 7.14 Å². The molecule has 0 fully saturated rings. The number of aliphatic hydroxyl groups excluding tert-OH is 1. The van der Waals surface area contributed by atoms with Gasteiger partial charge in [-0.05, 0) is 24.6 Å². The highest BCUT2D eigenvalue weighted by Crippen LogP contribution is 2.48. The fraction of sp³-hybridized carbons (Fsp3) is 0.133. The normalized spacial score (nSPS) is 13.2. The van der Waals surface area contributed by atoms with Crippen molar-refractivity contribution >= 4 is 34.7 Å². The number of benzene rings is 4. The zero-order valence-electron chi connectivity index (χ0n) is 20.5. The number of hydrogen-bond acceptors (Lipinski definition) is 5. The Morgan fingerprint density at radius 2 is 1.38 bits per heavy atom. The van der Waals surface area contributed by atoms with Gasteiger partial charge in [-0.2, -0.15) is 4.68 Å². The van der Waals surface area contributed by atoms with Gasteiger partial charge in [0.2, 0.25) is 5.88 Å². The van der Waals surface area contributed by atoms with Gasteiger partial charge in [-0.15, -0.1) is 5.10 Å². The molecule has 0 radical (unpaired) electrons. The van der Waals surface area contributed by atoms with E-state index in [1.165, 1.54) is 0 Å². The molecule has 0 saturated heterocycles. The number of para-hydroxylation sites is 1. The van der Waals surface area contributed by atoms with Gasteiger partial charge >= 0.3 is 0 Å². The molecule has 4 aromatic carbocycles. The lowest BCUT2D eigenvalue weighted by Gasteiger charge is -2.26. The summed E-state index contributed by atoms with van der Waals surface area (Å²) >= 11 is 0. The van der Waals surface area contributed by atoms with E-state index in [2.05, 4.69) is 10.3 Å². The van der Waals surface area contributed by atoms with Crippen LogP contribution in [0, 0.1) is 0 Å². The van der Waals surface area contributed by atoms with Gasteiger partial charge in [0.25, 0.3) is 0 Å². The molecule has 0 aliphatic carbocycles. The molecule has 1 unspecified atom stereocenters. The highest BCUT2D eigenvalue weighted by atomic mass is 31.2. The molecule has 6 nitrogen and oxygen atoms in total. The third-order valence-corrected chi connectivity index (χ3v) is 9.34. The molecule has 5 rings (SSSR count). The first-order valence-electron chi connectivity index (χ1n) is 12.2. The van der Waals surface area contributed by atoms with Gasteiger partial charge in [-0.1, -0.05) is 108 Å². The topological polar surface area (TPSA) is 77.2 Å². The fourth-order valence-electron chi connectivity index (χ4n) is 4.46. The van der Waals surface area contributed by atoms with Crippen LogP contribution < -0.4 is 10.6 Å². The van der Waals surface area contributed by atoms with Crippen LogP contribution in [0.25, 0.3) is 16.9 Å². The van der Waals surface area contributed by atoms with Gasteiger partial charge in [-0.25, -0.2) is 0 Å². The van der Waals surface area contributed by atoms with Crippen LogP contribution in [0.1, 0.15) is 18.6 Å². The molecular formula is C30H28N3O3P. The SMILES string of the molecule is CCOC(=C(CP(=O)(c1ccccc1)c1ccccc1)C(O)c1ccccc1)n1nnc2ccccc21. The number of aromatic nitrogens is 3. The molecule has 1 heterocycles. The number of nitrogens with zero attached hydrogens (tertiary/aromatic N) is 3. The molecule has 0 aliphatic rings. The summed E-state index contributed by atoms with van der Waals surface area (Å²) in [6, 6.07) is 35.8. The second-order valence-corrected chi connectivity index (χ2v) is 11.5. The van der Waals surface area contributed by atoms with Crippen molar-refractivity contribution in [3.05, 3.63) is 126 Å². The van der Waals surface area contributed by atoms with E-state index in [9.17, 15) is 5.11 Å². The number of aliphatic hydroxyl groups is 1. The van der Waals surface area contributed by atoms with E-state index >= 15 is 4.57 Å². The summed E-state index contributed by atoms with van der Waals surface area (Å²) in [5.41, 5.74) is 2.58. The minimum Gasteiger partial charge on any atom is -0.478 e. The van der Waals surface area contributed by atoms with E-state index in [1.54, 1.807) is 4.68 Å². The highest BCUT2D eigenvalue weighted by Gasteiger charge is 2.34. The minimum absolute atomic E-state index is 0.0562. The van der Waals surface area contributed by atoms with Gasteiger partial charge in [0, 0.05) is 22.3 Å². The van der Waals surface area contributed by atoms with Gasteiger partial charge in [0.1, 0.15) is 18.8 Å². The summed E-state index contributed by atoms with van der Waals surface area (Å²) in [6.07, 6.45) is -1.02. The van der Waals surface area contributed by atoms with Crippen molar-refractivity contribution in [2.75, 3.05) is 12.8 Å². The molecular weight excluding hydrogens is 481 g/mol. The predicted molar refractivity (Wildman–Crippen MR) is 148 cm³/mol. The Hall–Kier alpha value is -3.99. The third-order valence-electron chi connectivity index (χ3n) is 6.28. The van der Waals surface area contributed by atoms with Crippen molar-refractivity contribution in [2.45, 2.75) is 13.0 Å². The summed E-state index contributed by atoms with van der Waals surface area (Å²) in [5.74, 6) is 0.333. The highest BCUT2D eigenvalue weighted by molar-refractivity contribution is 7.78. The zero-order chi connectivity index (χ0) is 25.7. The maximum atomic E-state index is 15.1. The second kappa shape index (κ2) is 11.0. The molecule has 7 heteroatoms. The smallest absolute Gasteiger partial charge is 0.219 e. The van der Waals surface area contributed by atoms with Crippen LogP contribution in [-0.4, -0.2) is 32.9 Å². The van der Waals surface area contributed by atoms with Crippen LogP contribution in [0.15, 0.2) is 121 Å². The van der Waals surface area contributed by atoms with Crippen LogP contribution in [0.4, 0.5) is 0 Å². The summed E-state index contributed by atoms with van der Waals surface area (Å²) in [7, 11) is -3.25. The zero-order valence-corrected chi connectivity index (χ0v) is 21.4. The van der Waals surface area contributed by atoms with Gasteiger partial charge in [0.05, 0.1) is 12.1 Å². The van der Waals surface area contributed by atoms with Crippen molar-refractivity contribution < 1.29 is 14.4 Å². The first-order valence-corrected chi connectivity index (χ1v) is 14.1. The molecule has 0 saturated carbocycles. The number of hydrogen-bond donors (Lipinski definition) is 1. The Morgan fingerprint density at radius 3 is 1.97 bits per heavy atom. The molecule has 1 aromatic heterocycles. The van der Waals surface area contributed by atoms with E-state index in [-0.39, 0.29) is 6.16 Å². The van der Waals surface area contributed by atoms with Gasteiger partial charge in [-0.3, -0.25) is 0 Å². The number of rotatable bonds is 9. The molecule has 0 aliphatic heterocycles. The van der Waals surface area contributed by atoms with Crippen molar-refractivity contribution in [1.82, 2.24) is 15.0 Å². The Morgan fingerprint density at radius 1 is 0.838 bits per heavy atom. The molecule has 0 bridgehead atoms. The van der Waals surface area contributed by atoms with Crippen molar-refractivity contribution in [1.29, 1.82) is 0 Å². The third kappa shape index (κ3) is 4.99. The summed E-state index contributed by atoms with van der Waals surface area (Å²) < 4.78 is 22.8. The number of ether oxygens (including phenoxy) is 1. The second-order valence-electron chi connectivity index (χ2n) is 8.64. The first kappa shape index (κ1) is 24.7. The molecule has 37 heavy (non-hydrogen) atoms. The standard InChI is InChI=1S/C30H28N3O3P/c1-2-36-30(33-28-21-13-12-20-27(28)31-32-33)26(29(34)23-14-6-3-7-15-23)22-37(35,24-16-8-4-9-17-24)25-18-10-5-11-19-25/h3-21,29,34H,2,22H2,1H3. The van der Waals surface area contributed by atoms with Crippen LogP contribution in [0.5, 0.6) is 0 Å². The van der Waals surface area contributed by atoms with E-state index in [0.29, 0.717) is 39.8 Å². The average molecular weight is 510 g/mol. The fourth-order valence-corrected chi connectivity index (χ4v) is 7.22. The molecule has 5 aromatic rings. The van der Waals surface area contributed by atoms with Gasteiger partial charge < -0.3 is 14.4 Å². The predicted octanol–water partition coefficient (Wildman–Crippen LogP) is 5.38. The summed E-state index contributed by atoms with van der Waals surface area (Å²) in [4.78, 5) is 0. The minimum atomic E-state index is -3.25. The molecule has 1 atom stereocenters. The summed E-state index contributed by atoms with van der Waals surface area (Å²) in [5, 5.41) is 21.9. The van der Waals surface area contributed by atoms with Gasteiger partial charge in [0.15, 0.2) is 0 Å². The number of fused-ring (bicyclic) bond motifs is 1. The monoisotopic (exact) mass is 509 g/mol. The lowest BCUT2D eigenvalue weighted by molar-refractivity contribution is 0.202. The molecule has 186 valence electrons. The van der Waals surface area contributed by atoms with E-state index < -0.39 is 13.2 Å². The first-order chi connectivity index (χ1) is 18.1. The maximum absolute atomic E-state index is 15.1. The molecule has 1 N–H and O–H groups in total. The Kier molecular flexibility index (Phi) is 7.31. The van der Waals surface area contributed by atoms with Crippen molar-refractivity contribution in [3.63, 3.8) is 0 Å². The van der Waals surface area contributed by atoms with Crippen LogP contribution in [0.2, 0.25) is 0 Å². The lowest BCUT2D eigenvalue weighted by atomic mass is 10.0. The maximum Gasteiger partial charge on any atom is 0.219 e. The summed E-state index contributed by atoms with van der Waals surface area (Å²) in [6.45, 7) is 2.20. The van der Waals surface area contributed by atoms with Crippen LogP contribution in [0.3, 0.4) is 0 Å². The molecule has 0 spiro atoms. The van der Waals surface area contributed by atoms with E-state index in [0.717, 1.165) is 5.52 Å². The van der Waals surface area contributed by atoms with E-state index in [4.69, 9.17) is 4.74 Å². The molecule has 0 amide bonds. The Bertz CT molecular complexity index is 1510. The Labute approximate surface area is 216 Å². The van der Waals surface area contributed by atoms with E-state index in [1.807, 2.05) is 122 Å². The lowest BCUT2D eigenvalue weighted by Crippen LogP contribution is -2.23. The average Bonchev–Trinajstić information content (AvgIpc) is 3.40. The van der Waals surface area contributed by atoms with Crippen LogP contribution in [-0.2, 0) is 9.30 Å². The Balaban J connectivity index is 1.77. The van der Waals surface area contributed by atoms with Crippen molar-refractivity contribution in [3.8, 4) is 0 Å². The van der Waals surface area contributed by atoms with Crippen molar-refractivity contribution in [2.24, 2.45) is 0 Å². The largest absolute Gasteiger partial charge is 0.478 e.